The van der Waals surface area contributed by atoms with Crippen molar-refractivity contribution in [1.82, 2.24) is 4.90 Å². The number of esters is 1. The molecule has 1 aliphatic heterocycles. The normalized spacial score (nSPS) is 14.4. The first-order valence-electron chi connectivity index (χ1n) is 17.5. The summed E-state index contributed by atoms with van der Waals surface area (Å²) in [4.78, 5) is 45.2. The first-order chi connectivity index (χ1) is 26.3. The molecule has 55 heavy (non-hydrogen) atoms. The molecule has 1 saturated heterocycles. The van der Waals surface area contributed by atoms with Crippen LogP contribution in [-0.2, 0) is 20.7 Å². The Kier molecular flexibility index (Phi) is 17.4. The highest BCUT2D eigenvalue weighted by atomic mass is 19.1. The summed E-state index contributed by atoms with van der Waals surface area (Å²) in [6, 6.07) is 25.8. The molecule has 0 aromatic heterocycles. The summed E-state index contributed by atoms with van der Waals surface area (Å²) >= 11 is 0. The average Bonchev–Trinajstić information content (AvgIpc) is 3.19. The fourth-order valence-corrected chi connectivity index (χ4v) is 5.72. The Balaban J connectivity index is 0.000000251. The number of hydrogen-bond donors (Lipinski definition) is 3. The third-order valence-corrected chi connectivity index (χ3v) is 8.97. The molecule has 0 amide bonds. The zero-order chi connectivity index (χ0) is 40.5. The van der Waals surface area contributed by atoms with Gasteiger partial charge < -0.3 is 44.3 Å². The Morgan fingerprint density at radius 3 is 1.96 bits per heavy atom. The van der Waals surface area contributed by atoms with E-state index in [1.165, 1.54) is 29.8 Å². The zero-order valence-corrected chi connectivity index (χ0v) is 31.2. The van der Waals surface area contributed by atoms with Crippen LogP contribution in [0.25, 0.3) is 0 Å². The number of likely N-dealkylation sites (tertiary alicyclic amines) is 1. The van der Waals surface area contributed by atoms with Crippen molar-refractivity contribution in [2.75, 3.05) is 33.9 Å². The predicted octanol–water partition coefficient (Wildman–Crippen LogP) is 4.35. The number of aliphatic hydroxyl groups excluding tert-OH is 2. The van der Waals surface area contributed by atoms with Gasteiger partial charge in [0.05, 0.1) is 31.9 Å². The highest BCUT2D eigenvalue weighted by Crippen LogP contribution is 2.40. The van der Waals surface area contributed by atoms with Crippen molar-refractivity contribution in [2.24, 2.45) is 5.92 Å². The quantitative estimate of drug-likeness (QED) is 0.130. The van der Waals surface area contributed by atoms with Crippen LogP contribution >= 0.6 is 0 Å². The highest BCUT2D eigenvalue weighted by Gasteiger charge is 2.32. The van der Waals surface area contributed by atoms with Crippen LogP contribution in [0.15, 0.2) is 91.0 Å². The number of rotatable bonds is 13. The number of halogens is 1. The smallest absolute Gasteiger partial charge is 0.348 e. The molecular formula is C42H47FNO11-. The van der Waals surface area contributed by atoms with Gasteiger partial charge in [0.2, 0.25) is 6.10 Å². The van der Waals surface area contributed by atoms with Gasteiger partial charge in [-0.2, -0.15) is 0 Å². The molecule has 0 radical (unpaired) electrons. The number of methoxy groups -OCH3 is 2. The summed E-state index contributed by atoms with van der Waals surface area (Å²) in [6.45, 7) is 6.64. The van der Waals surface area contributed by atoms with E-state index in [-0.39, 0.29) is 17.3 Å². The molecule has 13 heteroatoms. The van der Waals surface area contributed by atoms with E-state index in [4.69, 9.17) is 19.7 Å². The second-order valence-corrected chi connectivity index (χ2v) is 12.9. The van der Waals surface area contributed by atoms with Gasteiger partial charge in [0, 0.05) is 17.7 Å². The topological polar surface area (TPSA) is 183 Å². The number of aryl methyl sites for hydroxylation is 2. The predicted molar refractivity (Wildman–Crippen MR) is 199 cm³/mol. The van der Waals surface area contributed by atoms with E-state index in [0.29, 0.717) is 11.5 Å². The minimum absolute atomic E-state index is 0.0439. The van der Waals surface area contributed by atoms with Gasteiger partial charge in [0.15, 0.2) is 11.5 Å². The number of aldehydes is 1. The minimum atomic E-state index is -2.44. The fourth-order valence-electron chi connectivity index (χ4n) is 5.72. The molecule has 0 aliphatic carbocycles. The van der Waals surface area contributed by atoms with E-state index in [0.717, 1.165) is 67.4 Å². The van der Waals surface area contributed by atoms with Crippen LogP contribution in [0.1, 0.15) is 61.9 Å². The Morgan fingerprint density at radius 2 is 1.45 bits per heavy atom. The summed E-state index contributed by atoms with van der Waals surface area (Å²) in [7, 11) is 3.21. The van der Waals surface area contributed by atoms with Crippen molar-refractivity contribution in [3.8, 4) is 11.5 Å². The van der Waals surface area contributed by atoms with E-state index < -0.39 is 36.2 Å². The summed E-state index contributed by atoms with van der Waals surface area (Å²) < 4.78 is 28.3. The molecule has 12 nitrogen and oxygen atoms in total. The monoisotopic (exact) mass is 760 g/mol. The summed E-state index contributed by atoms with van der Waals surface area (Å²) in [5, 5.41) is 39.1. The Labute approximate surface area is 319 Å². The molecule has 0 saturated carbocycles. The van der Waals surface area contributed by atoms with E-state index in [1.807, 2.05) is 61.5 Å². The number of hydrogen-bond acceptors (Lipinski definition) is 11. The van der Waals surface area contributed by atoms with Crippen molar-refractivity contribution in [2.45, 2.75) is 51.4 Å². The molecule has 1 heterocycles. The highest BCUT2D eigenvalue weighted by molar-refractivity contribution is 5.92. The second kappa shape index (κ2) is 21.9. The maximum Gasteiger partial charge on any atom is 0.348 e. The van der Waals surface area contributed by atoms with Gasteiger partial charge in [-0.15, -0.1) is 0 Å². The molecule has 0 spiro atoms. The number of carbonyl (C=O) groups is 4. The van der Waals surface area contributed by atoms with E-state index in [2.05, 4.69) is 9.64 Å². The van der Waals surface area contributed by atoms with E-state index in [9.17, 15) is 33.8 Å². The molecule has 1 fully saturated rings. The number of carboxylic acid groups (broad SMARTS) is 2. The fraction of sp³-hybridized carbons (Fsp3) is 0.333. The van der Waals surface area contributed by atoms with Gasteiger partial charge in [0.1, 0.15) is 18.2 Å². The molecular weight excluding hydrogens is 713 g/mol. The van der Waals surface area contributed by atoms with Gasteiger partial charge in [-0.3, -0.25) is 4.79 Å². The van der Waals surface area contributed by atoms with Crippen molar-refractivity contribution >= 4 is 24.2 Å². The number of nitrogens with zero attached hydrogens (tertiary/aromatic N) is 1. The standard InChI is InChI=1S/C22H28FNO3.C12H12O7.C8H8O/c1-26-20-5-3-4-19(22(20)27-2)21(25)17-11-14-24(15-12-17)13-10-16-6-8-18(23)9-7-16;1-6-2-4-7(5-3-6)12(18)19-9(11(16)17)8(13)10(14)15;1-7-2-4-8(6-9)5-3-7/h3-9,17,21,25H,10-15H2,1-2H3;2-5,8-9,13H,1H3,(H,14,15)(H,16,17);2-6H,1H3/p-1/t21-;8-,9-;/m10./s1. The van der Waals surface area contributed by atoms with Crippen LogP contribution in [0.2, 0.25) is 0 Å². The van der Waals surface area contributed by atoms with Gasteiger partial charge in [0.25, 0.3) is 0 Å². The first kappa shape index (κ1) is 43.8. The second-order valence-electron chi connectivity index (χ2n) is 12.9. The Bertz CT molecular complexity index is 1820. The number of ether oxygens (including phenoxy) is 3. The molecule has 3 atom stereocenters. The average molecular weight is 761 g/mol. The third kappa shape index (κ3) is 13.6. The molecule has 5 rings (SSSR count). The lowest BCUT2D eigenvalue weighted by Crippen LogP contribution is -2.48. The van der Waals surface area contributed by atoms with E-state index >= 15 is 0 Å². The number of carboxylic acids is 2. The molecule has 1 aliphatic rings. The number of piperidine rings is 1. The maximum absolute atomic E-state index is 13.0. The third-order valence-electron chi connectivity index (χ3n) is 8.97. The minimum Gasteiger partial charge on any atom is -0.547 e. The van der Waals surface area contributed by atoms with Gasteiger partial charge >= 0.3 is 11.9 Å². The van der Waals surface area contributed by atoms with Crippen molar-refractivity contribution in [3.63, 3.8) is 0 Å². The van der Waals surface area contributed by atoms with E-state index in [1.54, 1.807) is 33.3 Å². The van der Waals surface area contributed by atoms with Crippen molar-refractivity contribution in [1.29, 1.82) is 0 Å². The lowest BCUT2D eigenvalue weighted by molar-refractivity contribution is -0.318. The Morgan fingerprint density at radius 1 is 0.873 bits per heavy atom. The van der Waals surface area contributed by atoms with Crippen LogP contribution in [0.3, 0.4) is 0 Å². The summed E-state index contributed by atoms with van der Waals surface area (Å²) in [5.41, 5.74) is 4.78. The zero-order valence-electron chi connectivity index (χ0n) is 31.2. The van der Waals surface area contributed by atoms with Gasteiger partial charge in [-0.05, 0) is 88.0 Å². The molecule has 4 aromatic carbocycles. The number of para-hydroxylation sites is 1. The van der Waals surface area contributed by atoms with Crippen molar-refractivity contribution in [3.05, 3.63) is 130 Å². The van der Waals surface area contributed by atoms with Crippen LogP contribution in [0, 0.1) is 25.6 Å². The summed E-state index contributed by atoms with van der Waals surface area (Å²) in [5.74, 6) is -3.60. The lowest BCUT2D eigenvalue weighted by atomic mass is 9.87. The van der Waals surface area contributed by atoms with Crippen LogP contribution in [-0.4, -0.2) is 90.5 Å². The molecule has 4 aromatic rings. The largest absolute Gasteiger partial charge is 0.547 e. The lowest BCUT2D eigenvalue weighted by Gasteiger charge is -2.34. The molecule has 3 N–H and O–H groups in total. The maximum atomic E-state index is 13.0. The number of aliphatic hydroxyl groups is 2. The van der Waals surface area contributed by atoms with Crippen LogP contribution < -0.4 is 14.6 Å². The van der Waals surface area contributed by atoms with Crippen LogP contribution in [0.5, 0.6) is 11.5 Å². The summed E-state index contributed by atoms with van der Waals surface area (Å²) in [6.07, 6.45) is -1.59. The van der Waals surface area contributed by atoms with Crippen LogP contribution in [0.4, 0.5) is 4.39 Å². The molecule has 294 valence electrons. The molecule has 0 bridgehead atoms. The van der Waals surface area contributed by atoms with Crippen molar-refractivity contribution < 1.29 is 58.2 Å². The van der Waals surface area contributed by atoms with Gasteiger partial charge in [-0.25, -0.2) is 14.0 Å². The number of carbonyl (C=O) groups excluding carboxylic acids is 3. The number of benzene rings is 4. The number of aliphatic carboxylic acids is 2. The SMILES string of the molecule is COc1cccc([C@H](O)C2CCN(CCc3ccc(F)cc3)CC2)c1OC.Cc1ccc(C(=O)O[C@H](C(=O)O)[C@H](O)C(=O)[O-])cc1.Cc1ccc(C=O)cc1. The first-order valence-corrected chi connectivity index (χ1v) is 17.5. The van der Waals surface area contributed by atoms with Gasteiger partial charge in [-0.1, -0.05) is 71.8 Å². The Hall–Kier alpha value is -5.63. The molecule has 0 unspecified atom stereocenters.